The zero-order chi connectivity index (χ0) is 12.3. The third-order valence-electron chi connectivity index (χ3n) is 1.79. The number of rotatable bonds is 5. The van der Waals surface area contributed by atoms with Crippen molar-refractivity contribution in [1.82, 2.24) is 0 Å². The topological polar surface area (TPSA) is 26.3 Å². The average molecular weight is 216 g/mol. The first-order valence-electron chi connectivity index (χ1n) is 5.47. The quantitative estimate of drug-likeness (QED) is 0.656. The van der Waals surface area contributed by atoms with Gasteiger partial charge < -0.3 is 9.22 Å². The van der Waals surface area contributed by atoms with Crippen LogP contribution in [0.4, 0.5) is 0 Å². The maximum absolute atomic E-state index is 11.1. The molecule has 0 N–H and O–H groups in total. The summed E-state index contributed by atoms with van der Waals surface area (Å²) in [7, 11) is 6.33. The molecule has 0 saturated heterocycles. The van der Waals surface area contributed by atoms with Gasteiger partial charge in [-0.15, -0.1) is 0 Å². The Morgan fingerprint density at radius 2 is 1.73 bits per heavy atom. The Kier molecular flexibility index (Phi) is 4.94. The van der Waals surface area contributed by atoms with Crippen molar-refractivity contribution in [2.75, 3.05) is 27.7 Å². The van der Waals surface area contributed by atoms with E-state index in [2.05, 4.69) is 21.1 Å². The summed E-state index contributed by atoms with van der Waals surface area (Å²) in [6.45, 7) is 8.55. The largest absolute Gasteiger partial charge is 0.366 e. The number of nitrogens with zero attached hydrogens (tertiary/aromatic N) is 1. The molecule has 0 radical (unpaired) electrons. The predicted octanol–water partition coefficient (Wildman–Crippen LogP) is 1.86. The van der Waals surface area contributed by atoms with Gasteiger partial charge in [0.2, 0.25) is 0 Å². The molecule has 0 aromatic rings. The molecular formula is C12H26NO2+. The smallest absolute Gasteiger partial charge is 0.132 e. The van der Waals surface area contributed by atoms with Crippen molar-refractivity contribution in [2.45, 2.75) is 45.8 Å². The van der Waals surface area contributed by atoms with E-state index in [9.17, 15) is 4.79 Å². The van der Waals surface area contributed by atoms with Gasteiger partial charge in [-0.1, -0.05) is 0 Å². The third-order valence-corrected chi connectivity index (χ3v) is 1.79. The number of hydrogen-bond acceptors (Lipinski definition) is 2. The number of hydrogen-bond donors (Lipinski definition) is 0. The van der Waals surface area contributed by atoms with E-state index in [1.807, 2.05) is 20.8 Å². The summed E-state index contributed by atoms with van der Waals surface area (Å²) < 4.78 is 6.70. The number of quaternary nitrogens is 1. The lowest BCUT2D eigenvalue weighted by Gasteiger charge is -2.32. The Hall–Kier alpha value is -0.410. The van der Waals surface area contributed by atoms with Gasteiger partial charge in [0.25, 0.3) is 0 Å². The highest BCUT2D eigenvalue weighted by atomic mass is 16.5. The van der Waals surface area contributed by atoms with Crippen LogP contribution in [0, 0.1) is 0 Å². The second kappa shape index (κ2) is 5.08. The molecule has 0 rings (SSSR count). The first-order chi connectivity index (χ1) is 6.49. The zero-order valence-electron chi connectivity index (χ0n) is 11.3. The first-order valence-corrected chi connectivity index (χ1v) is 5.47. The Bertz CT molecular complexity index is 195. The highest BCUT2D eigenvalue weighted by Gasteiger charge is 2.25. The fraction of sp³-hybridized carbons (Fsp3) is 0.917. The Labute approximate surface area is 94.0 Å². The molecule has 0 aromatic carbocycles. The average Bonchev–Trinajstić information content (AvgIpc) is 1.73. The van der Waals surface area contributed by atoms with E-state index in [1.54, 1.807) is 6.92 Å². The molecule has 0 fully saturated rings. The maximum Gasteiger partial charge on any atom is 0.132 e. The lowest BCUT2D eigenvalue weighted by atomic mass is 10.1. The molecule has 0 aliphatic heterocycles. The second-order valence-electron chi connectivity index (χ2n) is 6.23. The number of ketones is 1. The Balaban J connectivity index is 4.39. The summed E-state index contributed by atoms with van der Waals surface area (Å²) in [5, 5.41) is 0. The normalized spacial score (nSPS) is 15.1. The predicted molar refractivity (Wildman–Crippen MR) is 62.8 cm³/mol. The summed E-state index contributed by atoms with van der Waals surface area (Å²) in [4.78, 5) is 11.1. The molecule has 90 valence electrons. The zero-order valence-corrected chi connectivity index (χ0v) is 11.3. The number of carbonyl (C=O) groups excluding carboxylic acids is 1. The van der Waals surface area contributed by atoms with Crippen LogP contribution in [-0.2, 0) is 9.53 Å². The van der Waals surface area contributed by atoms with Crippen molar-refractivity contribution in [3.63, 3.8) is 0 Å². The second-order valence-corrected chi connectivity index (χ2v) is 6.23. The molecule has 0 spiro atoms. The van der Waals surface area contributed by atoms with Gasteiger partial charge >= 0.3 is 0 Å². The molecule has 0 bridgehead atoms. The van der Waals surface area contributed by atoms with E-state index in [4.69, 9.17) is 4.74 Å². The van der Waals surface area contributed by atoms with Gasteiger partial charge in [-0.05, 0) is 27.7 Å². The highest BCUT2D eigenvalue weighted by molar-refractivity contribution is 5.75. The maximum atomic E-state index is 11.1. The fourth-order valence-corrected chi connectivity index (χ4v) is 1.58. The summed E-state index contributed by atoms with van der Waals surface area (Å²) in [6.07, 6.45) is 0.523. The molecule has 0 aliphatic carbocycles. The van der Waals surface area contributed by atoms with Crippen LogP contribution < -0.4 is 0 Å². The van der Waals surface area contributed by atoms with Crippen molar-refractivity contribution < 1.29 is 14.0 Å². The molecular weight excluding hydrogens is 190 g/mol. The van der Waals surface area contributed by atoms with Crippen LogP contribution in [0.3, 0.4) is 0 Å². The monoisotopic (exact) mass is 216 g/mol. The van der Waals surface area contributed by atoms with Gasteiger partial charge in [0.1, 0.15) is 18.4 Å². The Morgan fingerprint density at radius 3 is 2.00 bits per heavy atom. The van der Waals surface area contributed by atoms with Gasteiger partial charge in [-0.25, -0.2) is 0 Å². The van der Waals surface area contributed by atoms with Crippen LogP contribution in [0.25, 0.3) is 0 Å². The van der Waals surface area contributed by atoms with E-state index in [-0.39, 0.29) is 17.5 Å². The SMILES string of the molecule is CC(=O)C[C@H](C[N+](C)(C)C)OC(C)(C)C. The van der Waals surface area contributed by atoms with Gasteiger partial charge in [-0.2, -0.15) is 0 Å². The van der Waals surface area contributed by atoms with Gasteiger partial charge in [0.05, 0.1) is 26.7 Å². The summed E-state index contributed by atoms with van der Waals surface area (Å²) in [6, 6.07) is 0. The minimum Gasteiger partial charge on any atom is -0.366 e. The minimum atomic E-state index is -0.185. The molecule has 0 amide bonds. The van der Waals surface area contributed by atoms with Crippen LogP contribution >= 0.6 is 0 Å². The van der Waals surface area contributed by atoms with E-state index < -0.39 is 0 Å². The van der Waals surface area contributed by atoms with E-state index in [0.717, 1.165) is 11.0 Å². The van der Waals surface area contributed by atoms with E-state index >= 15 is 0 Å². The Morgan fingerprint density at radius 1 is 1.27 bits per heavy atom. The van der Waals surface area contributed by atoms with Gasteiger partial charge in [0.15, 0.2) is 0 Å². The van der Waals surface area contributed by atoms with E-state index in [0.29, 0.717) is 6.42 Å². The van der Waals surface area contributed by atoms with Crippen LogP contribution in [0.2, 0.25) is 0 Å². The first kappa shape index (κ1) is 14.6. The molecule has 1 atom stereocenters. The fourth-order valence-electron chi connectivity index (χ4n) is 1.58. The van der Waals surface area contributed by atoms with Crippen molar-refractivity contribution in [2.24, 2.45) is 0 Å². The minimum absolute atomic E-state index is 0.0162. The lowest BCUT2D eigenvalue weighted by molar-refractivity contribution is -0.873. The summed E-state index contributed by atoms with van der Waals surface area (Å²) in [5.74, 6) is 0.192. The molecule has 0 aromatic heterocycles. The van der Waals surface area contributed by atoms with Gasteiger partial charge in [0, 0.05) is 6.42 Å². The molecule has 0 aliphatic rings. The number of likely N-dealkylation sites (N-methyl/N-ethyl adjacent to an activating group) is 1. The highest BCUT2D eigenvalue weighted by Crippen LogP contribution is 2.15. The molecule has 0 heterocycles. The van der Waals surface area contributed by atoms with Crippen molar-refractivity contribution in [3.8, 4) is 0 Å². The number of Topliss-reactive ketones (excluding diaryl/α,β-unsaturated/α-hetero) is 1. The molecule has 0 saturated carbocycles. The van der Waals surface area contributed by atoms with Crippen LogP contribution in [0.5, 0.6) is 0 Å². The van der Waals surface area contributed by atoms with Crippen molar-refractivity contribution in [3.05, 3.63) is 0 Å². The number of ether oxygens (including phenoxy) is 1. The number of carbonyl (C=O) groups is 1. The molecule has 3 heteroatoms. The van der Waals surface area contributed by atoms with Crippen LogP contribution in [-0.4, -0.2) is 49.7 Å². The molecule has 0 unspecified atom stereocenters. The van der Waals surface area contributed by atoms with Crippen LogP contribution in [0.1, 0.15) is 34.1 Å². The third kappa shape index (κ3) is 9.88. The standard InChI is InChI=1S/C12H26NO2/c1-10(14)8-11(9-13(5,6)7)15-12(2,3)4/h11H,8-9H2,1-7H3/q+1/t11-/m1/s1. The van der Waals surface area contributed by atoms with Gasteiger partial charge in [-0.3, -0.25) is 4.79 Å². The summed E-state index contributed by atoms with van der Waals surface area (Å²) in [5.41, 5.74) is -0.185. The van der Waals surface area contributed by atoms with Crippen molar-refractivity contribution >= 4 is 5.78 Å². The van der Waals surface area contributed by atoms with E-state index in [1.165, 1.54) is 0 Å². The van der Waals surface area contributed by atoms with Crippen LogP contribution in [0.15, 0.2) is 0 Å². The molecule has 3 nitrogen and oxygen atoms in total. The lowest BCUT2D eigenvalue weighted by Crippen LogP contribution is -2.45. The van der Waals surface area contributed by atoms with Crippen molar-refractivity contribution in [1.29, 1.82) is 0 Å². The summed E-state index contributed by atoms with van der Waals surface area (Å²) >= 11 is 0. The molecule has 15 heavy (non-hydrogen) atoms.